The summed E-state index contributed by atoms with van der Waals surface area (Å²) in [5, 5.41) is 12.5. The smallest absolute Gasteiger partial charge is 0.256 e. The number of nitriles is 1. The standard InChI is InChI=1S/C50H52N7O5P/c1-35(2)57(36(3)4)63(27-13-26-51)62-32-38-28-37(29-43(30-38)56-34-54-46-47(52-33-53-48(46)56)55-49(58)39-14-9-7-10-15-39)31-61-50(40-16-11-8-12-17-40,41-18-22-44(59-5)23-19-41)42-20-24-45(60-6)25-21-42/h7-12,14-25,28-30,33-36H,13,27,31-32H2,1-6H3,(H,52,53,55,58). The topological polar surface area (TPSA) is 137 Å². The molecule has 0 aliphatic heterocycles. The number of hydrogen-bond acceptors (Lipinski definition) is 10. The summed E-state index contributed by atoms with van der Waals surface area (Å²) in [4.78, 5) is 27.0. The lowest BCUT2D eigenvalue weighted by Gasteiger charge is -2.37. The van der Waals surface area contributed by atoms with E-state index in [9.17, 15) is 10.1 Å². The Labute approximate surface area is 370 Å². The summed E-state index contributed by atoms with van der Waals surface area (Å²) in [6.45, 7) is 9.11. The number of imidazole rings is 1. The molecule has 0 aliphatic carbocycles. The predicted octanol–water partition coefficient (Wildman–Crippen LogP) is 10.5. The molecule has 1 unspecified atom stereocenters. The molecule has 7 rings (SSSR count). The molecule has 0 radical (unpaired) electrons. The highest BCUT2D eigenvalue weighted by molar-refractivity contribution is 7.50. The van der Waals surface area contributed by atoms with Gasteiger partial charge in [0.1, 0.15) is 38.1 Å². The van der Waals surface area contributed by atoms with Crippen molar-refractivity contribution in [2.75, 3.05) is 25.7 Å². The Morgan fingerprint density at radius 2 is 1.33 bits per heavy atom. The highest BCUT2D eigenvalue weighted by Crippen LogP contribution is 2.46. The number of nitrogens with one attached hydrogen (secondary N) is 1. The second-order valence-electron chi connectivity index (χ2n) is 15.5. The number of fused-ring (bicyclic) bond motifs is 1. The first-order chi connectivity index (χ1) is 30.6. The van der Waals surface area contributed by atoms with Crippen LogP contribution >= 0.6 is 8.30 Å². The first kappa shape index (κ1) is 44.6. The van der Waals surface area contributed by atoms with Crippen LogP contribution in [0.3, 0.4) is 0 Å². The Morgan fingerprint density at radius 1 is 0.762 bits per heavy atom. The zero-order valence-corrected chi connectivity index (χ0v) is 37.3. The van der Waals surface area contributed by atoms with E-state index in [0.717, 1.165) is 45.0 Å². The first-order valence-electron chi connectivity index (χ1n) is 20.9. The van der Waals surface area contributed by atoms with E-state index >= 15 is 0 Å². The van der Waals surface area contributed by atoms with Crippen LogP contribution in [-0.2, 0) is 28.1 Å². The molecule has 2 heterocycles. The average molecular weight is 862 g/mol. The summed E-state index contributed by atoms with van der Waals surface area (Å²) >= 11 is 0. The van der Waals surface area contributed by atoms with Gasteiger partial charge in [-0.1, -0.05) is 78.9 Å². The van der Waals surface area contributed by atoms with Crippen molar-refractivity contribution in [1.82, 2.24) is 24.2 Å². The molecule has 13 heteroatoms. The molecule has 322 valence electrons. The molecule has 0 bridgehead atoms. The van der Waals surface area contributed by atoms with Gasteiger partial charge in [-0.15, -0.1) is 0 Å². The summed E-state index contributed by atoms with van der Waals surface area (Å²) in [7, 11) is 2.20. The first-order valence-corrected chi connectivity index (χ1v) is 22.3. The zero-order chi connectivity index (χ0) is 44.3. The van der Waals surface area contributed by atoms with Crippen LogP contribution in [0, 0.1) is 11.3 Å². The summed E-state index contributed by atoms with van der Waals surface area (Å²) in [6, 6.07) is 44.1. The number of ether oxygens (including phenoxy) is 3. The molecular weight excluding hydrogens is 810 g/mol. The van der Waals surface area contributed by atoms with E-state index in [1.807, 2.05) is 89.5 Å². The van der Waals surface area contributed by atoms with Crippen molar-refractivity contribution >= 4 is 31.2 Å². The van der Waals surface area contributed by atoms with E-state index in [2.05, 4.69) is 84.1 Å². The van der Waals surface area contributed by atoms with E-state index in [-0.39, 0.29) is 31.2 Å². The van der Waals surface area contributed by atoms with E-state index < -0.39 is 13.9 Å². The maximum Gasteiger partial charge on any atom is 0.256 e. The molecule has 12 nitrogen and oxygen atoms in total. The fraction of sp³-hybridized carbons (Fsp3) is 0.260. The second kappa shape index (κ2) is 20.6. The highest BCUT2D eigenvalue weighted by atomic mass is 31.2. The monoisotopic (exact) mass is 861 g/mol. The van der Waals surface area contributed by atoms with Crippen molar-refractivity contribution in [3.05, 3.63) is 173 Å². The van der Waals surface area contributed by atoms with Crippen molar-refractivity contribution in [3.8, 4) is 23.3 Å². The maximum absolute atomic E-state index is 13.2. The number of carbonyl (C=O) groups is 1. The van der Waals surface area contributed by atoms with Crippen molar-refractivity contribution in [3.63, 3.8) is 0 Å². The summed E-state index contributed by atoms with van der Waals surface area (Å²) in [5.41, 5.74) is 5.68. The largest absolute Gasteiger partial charge is 0.497 e. The van der Waals surface area contributed by atoms with Gasteiger partial charge >= 0.3 is 0 Å². The Balaban J connectivity index is 1.33. The maximum atomic E-state index is 13.2. The SMILES string of the molecule is COc1ccc(C(OCc2cc(COP(CCC#N)N(C(C)C)C(C)C)cc(-n3cnc4c(NC(=O)c5ccccc5)ncnc43)c2)(c2ccccc2)c2ccc(OC)cc2)cc1. The summed E-state index contributed by atoms with van der Waals surface area (Å²) in [5.74, 6) is 1.46. The second-order valence-corrected chi connectivity index (χ2v) is 17.3. The van der Waals surface area contributed by atoms with Gasteiger partial charge in [-0.05, 0) is 104 Å². The number of anilines is 1. The highest BCUT2D eigenvalue weighted by Gasteiger charge is 2.38. The van der Waals surface area contributed by atoms with E-state index in [0.29, 0.717) is 35.1 Å². The van der Waals surface area contributed by atoms with Gasteiger partial charge < -0.3 is 24.1 Å². The molecular formula is C50H52N7O5P. The molecule has 1 atom stereocenters. The van der Waals surface area contributed by atoms with Gasteiger partial charge in [0.2, 0.25) is 0 Å². The molecule has 0 aliphatic rings. The molecule has 0 fully saturated rings. The molecule has 2 aromatic heterocycles. The van der Waals surface area contributed by atoms with Crippen molar-refractivity contribution in [1.29, 1.82) is 5.26 Å². The van der Waals surface area contributed by atoms with Gasteiger partial charge in [-0.25, -0.2) is 15.0 Å². The van der Waals surface area contributed by atoms with Gasteiger partial charge in [-0.3, -0.25) is 14.0 Å². The molecule has 0 saturated carbocycles. The van der Waals surface area contributed by atoms with Crippen molar-refractivity contribution < 1.29 is 23.5 Å². The Hall–Kier alpha value is -6.48. The molecule has 5 aromatic carbocycles. The van der Waals surface area contributed by atoms with Gasteiger partial charge in [0.15, 0.2) is 17.0 Å². The van der Waals surface area contributed by atoms with Crippen LogP contribution in [0.25, 0.3) is 16.9 Å². The van der Waals surface area contributed by atoms with E-state index in [4.69, 9.17) is 23.7 Å². The molecule has 1 amide bonds. The predicted molar refractivity (Wildman–Crippen MR) is 247 cm³/mol. The number of nitrogens with zero attached hydrogens (tertiary/aromatic N) is 6. The molecule has 0 spiro atoms. The Bertz CT molecular complexity index is 2580. The number of hydrogen-bond donors (Lipinski definition) is 1. The number of aromatic nitrogens is 4. The molecule has 7 aromatic rings. The van der Waals surface area contributed by atoms with Crippen LogP contribution in [0.1, 0.15) is 72.3 Å². The number of benzene rings is 5. The molecule has 1 N–H and O–H groups in total. The third kappa shape index (κ3) is 10.1. The minimum atomic E-state index is -1.10. The quantitative estimate of drug-likeness (QED) is 0.0618. The van der Waals surface area contributed by atoms with Crippen LogP contribution in [0.4, 0.5) is 5.82 Å². The summed E-state index contributed by atoms with van der Waals surface area (Å²) in [6.07, 6.45) is 4.12. The number of methoxy groups -OCH3 is 2. The van der Waals surface area contributed by atoms with Crippen LogP contribution in [0.15, 0.2) is 140 Å². The van der Waals surface area contributed by atoms with Gasteiger partial charge in [0.05, 0.1) is 33.5 Å². The Kier molecular flexibility index (Phi) is 14.6. The van der Waals surface area contributed by atoms with Crippen LogP contribution in [0.2, 0.25) is 0 Å². The number of rotatable bonds is 19. The lowest BCUT2D eigenvalue weighted by Crippen LogP contribution is -2.33. The fourth-order valence-corrected chi connectivity index (χ4v) is 9.97. The van der Waals surface area contributed by atoms with Gasteiger partial charge in [0, 0.05) is 35.9 Å². The molecule has 63 heavy (non-hydrogen) atoms. The van der Waals surface area contributed by atoms with Crippen molar-refractivity contribution in [2.24, 2.45) is 0 Å². The lowest BCUT2D eigenvalue weighted by atomic mass is 9.80. The molecule has 0 saturated heterocycles. The third-order valence-corrected chi connectivity index (χ3v) is 13.1. The van der Waals surface area contributed by atoms with Gasteiger partial charge in [0.25, 0.3) is 5.91 Å². The fourth-order valence-electron chi connectivity index (χ4n) is 7.85. The average Bonchev–Trinajstić information content (AvgIpc) is 3.76. The van der Waals surface area contributed by atoms with Crippen LogP contribution < -0.4 is 14.8 Å². The minimum Gasteiger partial charge on any atom is -0.497 e. The third-order valence-electron chi connectivity index (χ3n) is 10.7. The Morgan fingerprint density at radius 3 is 1.90 bits per heavy atom. The van der Waals surface area contributed by atoms with E-state index in [1.165, 1.54) is 6.33 Å². The number of amides is 1. The van der Waals surface area contributed by atoms with Gasteiger partial charge in [-0.2, -0.15) is 5.26 Å². The normalized spacial score (nSPS) is 12.1. The van der Waals surface area contributed by atoms with Crippen LogP contribution in [-0.4, -0.2) is 62.6 Å². The zero-order valence-electron chi connectivity index (χ0n) is 36.4. The number of carbonyl (C=O) groups excluding carboxylic acids is 1. The van der Waals surface area contributed by atoms with Crippen LogP contribution in [0.5, 0.6) is 11.5 Å². The van der Waals surface area contributed by atoms with Crippen molar-refractivity contribution in [2.45, 2.75) is 65.0 Å². The van der Waals surface area contributed by atoms with E-state index in [1.54, 1.807) is 32.7 Å². The lowest BCUT2D eigenvalue weighted by molar-refractivity contribution is 0.000146. The minimum absolute atomic E-state index is 0.182. The summed E-state index contributed by atoms with van der Waals surface area (Å²) < 4.78 is 29.6.